The fourth-order valence-corrected chi connectivity index (χ4v) is 3.70. The minimum absolute atomic E-state index is 0.111. The minimum atomic E-state index is -0.556. The van der Waals surface area contributed by atoms with Crippen molar-refractivity contribution >= 4 is 28.7 Å². The molecule has 132 valence electrons. The molecule has 8 heteroatoms. The van der Waals surface area contributed by atoms with Crippen LogP contribution in [0.1, 0.15) is 15.2 Å². The molecule has 25 heavy (non-hydrogen) atoms. The third-order valence-electron chi connectivity index (χ3n) is 4.27. The summed E-state index contributed by atoms with van der Waals surface area (Å²) in [7, 11) is 1.28. The molecule has 0 aliphatic carbocycles. The number of nitro benzene ring substituents is 1. The van der Waals surface area contributed by atoms with Gasteiger partial charge >= 0.3 is 5.97 Å². The van der Waals surface area contributed by atoms with Crippen LogP contribution in [0, 0.1) is 10.1 Å². The van der Waals surface area contributed by atoms with Crippen LogP contribution in [0.25, 0.3) is 0 Å². The third-order valence-corrected chi connectivity index (χ3v) is 5.13. The molecule has 0 bridgehead atoms. The molecule has 0 N–H and O–H groups in total. The number of non-ortho nitro benzene ring substituents is 1. The number of methoxy groups -OCH3 is 1. The van der Waals surface area contributed by atoms with Crippen molar-refractivity contribution in [2.45, 2.75) is 6.54 Å². The quantitative estimate of drug-likeness (QED) is 0.463. The number of benzene rings is 1. The molecule has 2 heterocycles. The molecule has 1 aromatic carbocycles. The molecular weight excluding hydrogens is 342 g/mol. The van der Waals surface area contributed by atoms with Crippen molar-refractivity contribution in [3.63, 3.8) is 0 Å². The lowest BCUT2D eigenvalue weighted by atomic mass is 10.1. The minimum Gasteiger partial charge on any atom is -0.465 e. The van der Waals surface area contributed by atoms with Crippen LogP contribution >= 0.6 is 11.3 Å². The van der Waals surface area contributed by atoms with Crippen LogP contribution in [0.15, 0.2) is 35.7 Å². The summed E-state index contributed by atoms with van der Waals surface area (Å²) in [6.07, 6.45) is 0. The number of hydrogen-bond donors (Lipinski definition) is 0. The first-order valence-electron chi connectivity index (χ1n) is 7.95. The molecule has 0 unspecified atom stereocenters. The Morgan fingerprint density at radius 2 is 2.04 bits per heavy atom. The van der Waals surface area contributed by atoms with Crippen LogP contribution in [0.4, 0.5) is 11.4 Å². The van der Waals surface area contributed by atoms with E-state index in [0.29, 0.717) is 5.69 Å². The van der Waals surface area contributed by atoms with Gasteiger partial charge in [0.15, 0.2) is 0 Å². The van der Waals surface area contributed by atoms with Crippen molar-refractivity contribution in [3.8, 4) is 0 Å². The van der Waals surface area contributed by atoms with E-state index in [-0.39, 0.29) is 11.3 Å². The van der Waals surface area contributed by atoms with E-state index in [0.717, 1.165) is 32.7 Å². The van der Waals surface area contributed by atoms with E-state index in [9.17, 15) is 14.9 Å². The van der Waals surface area contributed by atoms with Crippen molar-refractivity contribution in [2.75, 3.05) is 38.2 Å². The van der Waals surface area contributed by atoms with E-state index in [4.69, 9.17) is 4.74 Å². The second-order valence-electron chi connectivity index (χ2n) is 5.79. The van der Waals surface area contributed by atoms with Gasteiger partial charge in [-0.15, -0.1) is 11.3 Å². The molecule has 7 nitrogen and oxygen atoms in total. The predicted octanol–water partition coefficient (Wildman–Crippen LogP) is 2.77. The number of ether oxygens (including phenoxy) is 1. The van der Waals surface area contributed by atoms with E-state index < -0.39 is 10.9 Å². The monoisotopic (exact) mass is 361 g/mol. The Kier molecular flexibility index (Phi) is 5.30. The van der Waals surface area contributed by atoms with Crippen LogP contribution in [-0.2, 0) is 11.3 Å². The van der Waals surface area contributed by atoms with E-state index >= 15 is 0 Å². The molecule has 2 aromatic rings. The Labute approximate surface area is 149 Å². The van der Waals surface area contributed by atoms with Gasteiger partial charge in [-0.2, -0.15) is 0 Å². The summed E-state index contributed by atoms with van der Waals surface area (Å²) in [5.41, 5.74) is 0.817. The topological polar surface area (TPSA) is 75.9 Å². The SMILES string of the molecule is COC(=O)c1cc([N+](=O)[O-])ccc1N1CCN(Cc2cccs2)CC1. The fraction of sp³-hybridized carbons (Fsp3) is 0.353. The molecule has 1 saturated heterocycles. The number of esters is 1. The predicted molar refractivity (Wildman–Crippen MR) is 96.2 cm³/mol. The standard InChI is InChI=1S/C17H19N3O4S/c1-24-17(21)15-11-13(20(22)23)4-5-16(15)19-8-6-18(7-9-19)12-14-3-2-10-25-14/h2-5,10-11H,6-9,12H2,1H3. The van der Waals surface area contributed by atoms with Crippen LogP contribution in [-0.4, -0.2) is 49.1 Å². The van der Waals surface area contributed by atoms with Gasteiger partial charge in [-0.25, -0.2) is 4.79 Å². The first-order chi connectivity index (χ1) is 12.1. The summed E-state index contributed by atoms with van der Waals surface area (Å²) in [6, 6.07) is 8.54. The van der Waals surface area contributed by atoms with Crippen molar-refractivity contribution in [1.29, 1.82) is 0 Å². The van der Waals surface area contributed by atoms with Crippen LogP contribution in [0.3, 0.4) is 0 Å². The number of carbonyl (C=O) groups excluding carboxylic acids is 1. The van der Waals surface area contributed by atoms with Gasteiger partial charge in [0.05, 0.1) is 23.3 Å². The van der Waals surface area contributed by atoms with E-state index in [1.165, 1.54) is 24.1 Å². The smallest absolute Gasteiger partial charge is 0.340 e. The van der Waals surface area contributed by atoms with E-state index in [2.05, 4.69) is 27.3 Å². The highest BCUT2D eigenvalue weighted by molar-refractivity contribution is 7.09. The summed E-state index contributed by atoms with van der Waals surface area (Å²) in [4.78, 5) is 28.3. The molecule has 1 fully saturated rings. The zero-order valence-electron chi connectivity index (χ0n) is 13.9. The molecule has 0 atom stereocenters. The molecule has 1 aromatic heterocycles. The van der Waals surface area contributed by atoms with Crippen molar-refractivity contribution < 1.29 is 14.5 Å². The summed E-state index contributed by atoms with van der Waals surface area (Å²) >= 11 is 1.75. The fourth-order valence-electron chi connectivity index (χ4n) is 2.96. The number of hydrogen-bond acceptors (Lipinski definition) is 7. The molecule has 0 radical (unpaired) electrons. The van der Waals surface area contributed by atoms with Crippen molar-refractivity contribution in [3.05, 3.63) is 56.3 Å². The summed E-state index contributed by atoms with van der Waals surface area (Å²) in [5, 5.41) is 13.1. The van der Waals surface area contributed by atoms with Gasteiger partial charge in [0.25, 0.3) is 5.69 Å². The first-order valence-corrected chi connectivity index (χ1v) is 8.83. The highest BCUT2D eigenvalue weighted by atomic mass is 32.1. The summed E-state index contributed by atoms with van der Waals surface area (Å²) in [5.74, 6) is -0.556. The zero-order valence-corrected chi connectivity index (χ0v) is 14.7. The Morgan fingerprint density at radius 1 is 1.28 bits per heavy atom. The first kappa shape index (κ1) is 17.4. The molecule has 3 rings (SSSR count). The van der Waals surface area contributed by atoms with Gasteiger partial charge in [0.2, 0.25) is 0 Å². The van der Waals surface area contributed by atoms with Crippen molar-refractivity contribution in [2.24, 2.45) is 0 Å². The summed E-state index contributed by atoms with van der Waals surface area (Å²) in [6.45, 7) is 4.18. The Balaban J connectivity index is 1.73. The third kappa shape index (κ3) is 3.97. The van der Waals surface area contributed by atoms with Crippen LogP contribution in [0.2, 0.25) is 0 Å². The van der Waals surface area contributed by atoms with Gasteiger partial charge in [0.1, 0.15) is 0 Å². The Morgan fingerprint density at radius 3 is 2.64 bits per heavy atom. The lowest BCUT2D eigenvalue weighted by Gasteiger charge is -2.36. The number of anilines is 1. The zero-order chi connectivity index (χ0) is 17.8. The number of piperazine rings is 1. The Bertz CT molecular complexity index is 755. The molecule has 1 aliphatic heterocycles. The van der Waals surface area contributed by atoms with E-state index in [1.54, 1.807) is 17.4 Å². The normalized spacial score (nSPS) is 15.2. The maximum Gasteiger partial charge on any atom is 0.340 e. The van der Waals surface area contributed by atoms with Crippen LogP contribution in [0.5, 0.6) is 0 Å². The number of thiophene rings is 1. The molecule has 0 amide bonds. The largest absolute Gasteiger partial charge is 0.465 e. The molecule has 0 spiro atoms. The Hall–Kier alpha value is -2.45. The van der Waals surface area contributed by atoms with E-state index in [1.807, 2.05) is 0 Å². The van der Waals surface area contributed by atoms with Crippen LogP contribution < -0.4 is 4.90 Å². The van der Waals surface area contributed by atoms with Gasteiger partial charge in [-0.3, -0.25) is 15.0 Å². The number of carbonyl (C=O) groups is 1. The second kappa shape index (κ2) is 7.62. The lowest BCUT2D eigenvalue weighted by molar-refractivity contribution is -0.384. The molecular formula is C17H19N3O4S. The van der Waals surface area contributed by atoms with Gasteiger partial charge in [-0.1, -0.05) is 6.07 Å². The number of nitrogens with zero attached hydrogens (tertiary/aromatic N) is 3. The van der Waals surface area contributed by atoms with Crippen molar-refractivity contribution in [1.82, 2.24) is 4.90 Å². The molecule has 1 aliphatic rings. The average Bonchev–Trinajstić information content (AvgIpc) is 3.14. The lowest BCUT2D eigenvalue weighted by Crippen LogP contribution is -2.46. The maximum atomic E-state index is 12.0. The van der Waals surface area contributed by atoms with Gasteiger partial charge in [-0.05, 0) is 17.5 Å². The van der Waals surface area contributed by atoms with Gasteiger partial charge < -0.3 is 9.64 Å². The number of nitro groups is 1. The number of rotatable bonds is 5. The highest BCUT2D eigenvalue weighted by Crippen LogP contribution is 2.27. The average molecular weight is 361 g/mol. The highest BCUT2D eigenvalue weighted by Gasteiger charge is 2.24. The second-order valence-corrected chi connectivity index (χ2v) is 6.82. The summed E-state index contributed by atoms with van der Waals surface area (Å²) < 4.78 is 4.80. The molecule has 0 saturated carbocycles. The maximum absolute atomic E-state index is 12.0. The van der Waals surface area contributed by atoms with Gasteiger partial charge in [0, 0.05) is 49.7 Å².